The summed E-state index contributed by atoms with van der Waals surface area (Å²) in [6.07, 6.45) is 4.17. The van der Waals surface area contributed by atoms with Crippen LogP contribution in [-0.2, 0) is 4.79 Å². The van der Waals surface area contributed by atoms with E-state index in [4.69, 9.17) is 9.47 Å². The van der Waals surface area contributed by atoms with Crippen molar-refractivity contribution < 1.29 is 14.3 Å². The molecule has 0 spiro atoms. The predicted molar refractivity (Wildman–Crippen MR) is 129 cm³/mol. The first-order valence-electron chi connectivity index (χ1n) is 10.9. The smallest absolute Gasteiger partial charge is 0.230 e. The molecule has 4 aromatic rings. The van der Waals surface area contributed by atoms with Gasteiger partial charge >= 0.3 is 0 Å². The van der Waals surface area contributed by atoms with Gasteiger partial charge in [0.25, 0.3) is 0 Å². The number of nitrogens with one attached hydrogen (secondary N) is 1. The summed E-state index contributed by atoms with van der Waals surface area (Å²) >= 11 is 1.34. The summed E-state index contributed by atoms with van der Waals surface area (Å²) in [4.78, 5) is 16.9. The molecule has 1 atom stereocenters. The Balaban J connectivity index is 1.36. The molecule has 1 aliphatic rings. The summed E-state index contributed by atoms with van der Waals surface area (Å²) in [7, 11) is 1.63. The molecule has 0 aliphatic carbocycles. The highest BCUT2D eigenvalue weighted by atomic mass is 32.2. The lowest BCUT2D eigenvalue weighted by Crippen LogP contribution is -2.33. The van der Waals surface area contributed by atoms with Gasteiger partial charge in [0, 0.05) is 35.6 Å². The van der Waals surface area contributed by atoms with Crippen molar-refractivity contribution in [2.45, 2.75) is 17.6 Å². The normalized spacial score (nSPS) is 14.7. The number of fused-ring (bicyclic) bond motifs is 1. The van der Waals surface area contributed by atoms with E-state index in [2.05, 4.69) is 20.5 Å². The highest BCUT2D eigenvalue weighted by Crippen LogP contribution is 2.32. The third kappa shape index (κ3) is 4.60. The average Bonchev–Trinajstić information content (AvgIpc) is 3.32. The second-order valence-corrected chi connectivity index (χ2v) is 8.60. The quantitative estimate of drug-likeness (QED) is 0.405. The van der Waals surface area contributed by atoms with Crippen LogP contribution in [0.15, 0.2) is 78.2 Å². The molecular weight excluding hydrogens is 450 g/mol. The minimum Gasteiger partial charge on any atom is -0.497 e. The molecule has 172 valence electrons. The van der Waals surface area contributed by atoms with Gasteiger partial charge in [-0.25, -0.2) is 0 Å². The molecule has 1 amide bonds. The Morgan fingerprint density at radius 2 is 1.91 bits per heavy atom. The highest BCUT2D eigenvalue weighted by Gasteiger charge is 2.23. The lowest BCUT2D eigenvalue weighted by molar-refractivity contribution is -0.119. The van der Waals surface area contributed by atoms with Crippen molar-refractivity contribution in [3.05, 3.63) is 78.6 Å². The molecule has 2 aromatic heterocycles. The van der Waals surface area contributed by atoms with Gasteiger partial charge in [-0.2, -0.15) is 0 Å². The van der Waals surface area contributed by atoms with E-state index >= 15 is 0 Å². The Morgan fingerprint density at radius 1 is 1.12 bits per heavy atom. The Bertz CT molecular complexity index is 1280. The van der Waals surface area contributed by atoms with Gasteiger partial charge in [0.15, 0.2) is 11.0 Å². The zero-order valence-electron chi connectivity index (χ0n) is 18.5. The Labute approximate surface area is 201 Å². The van der Waals surface area contributed by atoms with E-state index in [0.717, 1.165) is 34.7 Å². The van der Waals surface area contributed by atoms with E-state index in [1.807, 2.05) is 65.2 Å². The second-order valence-electron chi connectivity index (χ2n) is 7.66. The third-order valence-electron chi connectivity index (χ3n) is 5.53. The molecule has 9 heteroatoms. The summed E-state index contributed by atoms with van der Waals surface area (Å²) in [6, 6.07) is 19.2. The number of rotatable bonds is 7. The van der Waals surface area contributed by atoms with Crippen LogP contribution >= 0.6 is 11.8 Å². The van der Waals surface area contributed by atoms with E-state index in [-0.39, 0.29) is 17.7 Å². The van der Waals surface area contributed by atoms with Crippen molar-refractivity contribution in [1.29, 1.82) is 0 Å². The molecule has 8 nitrogen and oxygen atoms in total. The van der Waals surface area contributed by atoms with Gasteiger partial charge in [0.2, 0.25) is 5.91 Å². The first-order chi connectivity index (χ1) is 16.7. The van der Waals surface area contributed by atoms with E-state index in [1.165, 1.54) is 11.8 Å². The number of amides is 1. The van der Waals surface area contributed by atoms with Crippen LogP contribution in [0.1, 0.15) is 18.0 Å². The van der Waals surface area contributed by atoms with Crippen LogP contribution in [0.2, 0.25) is 0 Å². The van der Waals surface area contributed by atoms with Crippen molar-refractivity contribution in [1.82, 2.24) is 25.1 Å². The van der Waals surface area contributed by atoms with Gasteiger partial charge in [-0.1, -0.05) is 30.0 Å². The molecule has 3 heterocycles. The maximum atomic E-state index is 12.8. The molecule has 0 fully saturated rings. The molecule has 34 heavy (non-hydrogen) atoms. The zero-order valence-corrected chi connectivity index (χ0v) is 19.4. The number of methoxy groups -OCH3 is 1. The molecule has 1 unspecified atom stereocenters. The number of pyridine rings is 1. The van der Waals surface area contributed by atoms with Crippen molar-refractivity contribution >= 4 is 17.7 Å². The largest absolute Gasteiger partial charge is 0.497 e. The highest BCUT2D eigenvalue weighted by molar-refractivity contribution is 7.99. The number of aromatic nitrogens is 4. The molecule has 0 radical (unpaired) electrons. The number of hydrogen-bond donors (Lipinski definition) is 1. The number of benzene rings is 2. The van der Waals surface area contributed by atoms with Crippen LogP contribution < -0.4 is 14.8 Å². The fraction of sp³-hybridized carbons (Fsp3) is 0.200. The standard InChI is InChI=1S/C25H23N5O3S/c1-32-19-8-6-18(7-9-19)30-24(17-10-13-26-14-11-17)28-29-25(30)34-16-23(31)27-21-12-15-33-22-5-3-2-4-20(21)22/h2-11,13-14,21H,12,15-16H2,1H3,(H,27,31). The minimum atomic E-state index is -0.0681. The second kappa shape index (κ2) is 9.96. The maximum absolute atomic E-state index is 12.8. The van der Waals surface area contributed by atoms with Crippen LogP contribution in [0.4, 0.5) is 0 Å². The Kier molecular flexibility index (Phi) is 6.44. The average molecular weight is 474 g/mol. The fourth-order valence-electron chi connectivity index (χ4n) is 3.87. The lowest BCUT2D eigenvalue weighted by atomic mass is 10.0. The summed E-state index contributed by atoms with van der Waals surface area (Å²) in [5, 5.41) is 12.6. The molecule has 0 bridgehead atoms. The number of carbonyl (C=O) groups excluding carboxylic acids is 1. The number of hydrogen-bond acceptors (Lipinski definition) is 7. The molecule has 0 saturated carbocycles. The number of nitrogens with zero attached hydrogens (tertiary/aromatic N) is 4. The first-order valence-corrected chi connectivity index (χ1v) is 11.9. The third-order valence-corrected chi connectivity index (χ3v) is 6.46. The van der Waals surface area contributed by atoms with E-state index in [0.29, 0.717) is 17.6 Å². The van der Waals surface area contributed by atoms with Crippen molar-refractivity contribution in [2.75, 3.05) is 19.5 Å². The number of carbonyl (C=O) groups is 1. The van der Waals surface area contributed by atoms with Crippen LogP contribution in [0.25, 0.3) is 17.1 Å². The number of para-hydroxylation sites is 1. The topological polar surface area (TPSA) is 91.2 Å². The van der Waals surface area contributed by atoms with Crippen LogP contribution in [0, 0.1) is 0 Å². The van der Waals surface area contributed by atoms with Gasteiger partial charge in [0.1, 0.15) is 11.5 Å². The van der Waals surface area contributed by atoms with Crippen molar-refractivity contribution in [3.8, 4) is 28.6 Å². The molecule has 1 aliphatic heterocycles. The monoisotopic (exact) mass is 473 g/mol. The summed E-state index contributed by atoms with van der Waals surface area (Å²) in [6.45, 7) is 0.580. The predicted octanol–water partition coefficient (Wildman–Crippen LogP) is 4.07. The minimum absolute atomic E-state index is 0.0649. The van der Waals surface area contributed by atoms with Crippen molar-refractivity contribution in [2.24, 2.45) is 0 Å². The van der Waals surface area contributed by atoms with E-state index in [1.54, 1.807) is 19.5 Å². The van der Waals surface area contributed by atoms with Gasteiger partial charge in [0.05, 0.1) is 25.5 Å². The summed E-state index contributed by atoms with van der Waals surface area (Å²) in [5.41, 5.74) is 2.76. The molecule has 5 rings (SSSR count). The van der Waals surface area contributed by atoms with Gasteiger partial charge in [-0.3, -0.25) is 14.3 Å². The first kappa shape index (κ1) is 22.0. The van der Waals surface area contributed by atoms with Crippen LogP contribution in [0.3, 0.4) is 0 Å². The van der Waals surface area contributed by atoms with E-state index < -0.39 is 0 Å². The molecular formula is C25H23N5O3S. The zero-order chi connectivity index (χ0) is 23.3. The fourth-order valence-corrected chi connectivity index (χ4v) is 4.64. The number of ether oxygens (including phenoxy) is 2. The van der Waals surface area contributed by atoms with Crippen LogP contribution in [-0.4, -0.2) is 45.1 Å². The summed E-state index contributed by atoms with van der Waals surface area (Å²) < 4.78 is 12.9. The summed E-state index contributed by atoms with van der Waals surface area (Å²) in [5.74, 6) is 2.40. The van der Waals surface area contributed by atoms with Crippen LogP contribution in [0.5, 0.6) is 11.5 Å². The maximum Gasteiger partial charge on any atom is 0.230 e. The van der Waals surface area contributed by atoms with Crippen molar-refractivity contribution in [3.63, 3.8) is 0 Å². The Morgan fingerprint density at radius 3 is 2.71 bits per heavy atom. The van der Waals surface area contributed by atoms with Gasteiger partial charge in [-0.15, -0.1) is 10.2 Å². The molecule has 0 saturated heterocycles. The van der Waals surface area contributed by atoms with Gasteiger partial charge in [-0.05, 0) is 42.5 Å². The number of thioether (sulfide) groups is 1. The lowest BCUT2D eigenvalue weighted by Gasteiger charge is -2.26. The Hall–Kier alpha value is -3.85. The van der Waals surface area contributed by atoms with Gasteiger partial charge < -0.3 is 14.8 Å². The molecule has 1 N–H and O–H groups in total. The SMILES string of the molecule is COc1ccc(-n2c(SCC(=O)NC3CCOc4ccccc43)nnc2-c2ccncc2)cc1. The van der Waals surface area contributed by atoms with E-state index in [9.17, 15) is 4.79 Å². The molecule has 2 aromatic carbocycles.